The van der Waals surface area contributed by atoms with Gasteiger partial charge in [-0.05, 0) is 68.2 Å². The van der Waals surface area contributed by atoms with E-state index in [0.29, 0.717) is 34.4 Å². The van der Waals surface area contributed by atoms with E-state index < -0.39 is 0 Å². The Bertz CT molecular complexity index is 1200. The summed E-state index contributed by atoms with van der Waals surface area (Å²) in [4.78, 5) is 18.4. The minimum absolute atomic E-state index is 0.0532. The van der Waals surface area contributed by atoms with E-state index in [2.05, 4.69) is 12.2 Å². The van der Waals surface area contributed by atoms with Crippen LogP contribution in [0.25, 0.3) is 22.2 Å². The van der Waals surface area contributed by atoms with E-state index >= 15 is 0 Å². The van der Waals surface area contributed by atoms with Crippen molar-refractivity contribution >= 4 is 16.8 Å². The summed E-state index contributed by atoms with van der Waals surface area (Å²) in [5.41, 5.74) is 2.86. The van der Waals surface area contributed by atoms with E-state index in [1.165, 1.54) is 25.7 Å². The number of aromatic nitrogens is 1. The molecule has 6 heteroatoms. The predicted molar refractivity (Wildman–Crippen MR) is 133 cm³/mol. The van der Waals surface area contributed by atoms with E-state index in [1.54, 1.807) is 21.3 Å². The maximum Gasteiger partial charge on any atom is 0.252 e. The maximum absolute atomic E-state index is 13.6. The summed E-state index contributed by atoms with van der Waals surface area (Å²) in [6.45, 7) is 2.16. The summed E-state index contributed by atoms with van der Waals surface area (Å²) < 4.78 is 16.5. The first-order chi connectivity index (χ1) is 16.5. The Balaban J connectivity index is 1.53. The minimum atomic E-state index is -0.0532. The molecule has 0 spiro atoms. The molecule has 2 aliphatic carbocycles. The molecule has 1 heterocycles. The Morgan fingerprint density at radius 2 is 1.74 bits per heavy atom. The van der Waals surface area contributed by atoms with Gasteiger partial charge in [0.15, 0.2) is 11.5 Å². The van der Waals surface area contributed by atoms with Crippen LogP contribution in [0.4, 0.5) is 0 Å². The molecule has 1 N–H and O–H groups in total. The number of rotatable bonds is 7. The number of nitrogens with zero attached hydrogens (tertiary/aromatic N) is 1. The Hall–Kier alpha value is -3.28. The SMILES string of the molecule is COc1cc(-c2cc(C(=O)N[C@H](C)[C@H]3C[C@H]4CC[C@H]3C4)c3ccccc3n2)cc(OC)c1OC. The number of para-hydroxylation sites is 1. The lowest BCUT2D eigenvalue weighted by Gasteiger charge is -2.28. The molecule has 6 nitrogen and oxygen atoms in total. The molecule has 0 radical (unpaired) electrons. The van der Waals surface area contributed by atoms with E-state index in [4.69, 9.17) is 19.2 Å². The summed E-state index contributed by atoms with van der Waals surface area (Å²) in [5, 5.41) is 4.16. The number of carbonyl (C=O) groups excluding carboxylic acids is 1. The molecule has 34 heavy (non-hydrogen) atoms. The van der Waals surface area contributed by atoms with Crippen molar-refractivity contribution in [2.24, 2.45) is 17.8 Å². The van der Waals surface area contributed by atoms with Crippen molar-refractivity contribution in [3.05, 3.63) is 48.0 Å². The van der Waals surface area contributed by atoms with Crippen LogP contribution in [0.1, 0.15) is 43.0 Å². The average Bonchev–Trinajstić information content (AvgIpc) is 3.51. The van der Waals surface area contributed by atoms with Crippen LogP contribution in [-0.2, 0) is 0 Å². The van der Waals surface area contributed by atoms with Crippen LogP contribution in [-0.4, -0.2) is 38.3 Å². The van der Waals surface area contributed by atoms with E-state index in [9.17, 15) is 4.79 Å². The quantitative estimate of drug-likeness (QED) is 0.505. The second-order valence-electron chi connectivity index (χ2n) is 9.59. The summed E-state index contributed by atoms with van der Waals surface area (Å²) >= 11 is 0. The molecular weight excluding hydrogens is 428 g/mol. The minimum Gasteiger partial charge on any atom is -0.493 e. The molecule has 2 saturated carbocycles. The smallest absolute Gasteiger partial charge is 0.252 e. The Morgan fingerprint density at radius 3 is 2.35 bits per heavy atom. The van der Waals surface area contributed by atoms with Gasteiger partial charge in [0.1, 0.15) is 0 Å². The molecule has 5 rings (SSSR count). The Morgan fingerprint density at radius 1 is 1.00 bits per heavy atom. The number of hydrogen-bond acceptors (Lipinski definition) is 5. The third-order valence-corrected chi connectivity index (χ3v) is 7.72. The molecule has 0 aliphatic heterocycles. The highest BCUT2D eigenvalue weighted by Crippen LogP contribution is 2.49. The second kappa shape index (κ2) is 9.16. The molecule has 2 fully saturated rings. The standard InChI is InChI=1S/C28H32N2O4/c1-16(21-12-17-9-10-18(21)11-17)29-28(31)22-15-24(30-23-8-6-5-7-20(22)23)19-13-25(32-2)27(34-4)26(14-19)33-3/h5-8,13-18,21H,9-12H2,1-4H3,(H,29,31)/t16-,17+,18+,21-/m1/s1. The molecule has 2 aromatic carbocycles. The van der Waals surface area contributed by atoms with Crippen molar-refractivity contribution in [2.45, 2.75) is 38.6 Å². The molecule has 0 unspecified atom stereocenters. The third kappa shape index (κ3) is 3.95. The number of carbonyl (C=O) groups is 1. The molecule has 4 atom stereocenters. The van der Waals surface area contributed by atoms with Crippen LogP contribution >= 0.6 is 0 Å². The highest BCUT2D eigenvalue weighted by Gasteiger charge is 2.42. The van der Waals surface area contributed by atoms with Gasteiger partial charge in [-0.1, -0.05) is 24.6 Å². The molecule has 1 amide bonds. The summed E-state index contributed by atoms with van der Waals surface area (Å²) in [6, 6.07) is 13.5. The van der Waals surface area contributed by atoms with Gasteiger partial charge in [-0.15, -0.1) is 0 Å². The van der Waals surface area contributed by atoms with Gasteiger partial charge in [0.2, 0.25) is 5.75 Å². The van der Waals surface area contributed by atoms with Gasteiger partial charge in [-0.3, -0.25) is 4.79 Å². The van der Waals surface area contributed by atoms with Gasteiger partial charge in [0.05, 0.1) is 38.1 Å². The first-order valence-corrected chi connectivity index (χ1v) is 12.0. The molecule has 2 bridgehead atoms. The van der Waals surface area contributed by atoms with Crippen molar-refractivity contribution in [3.63, 3.8) is 0 Å². The fraction of sp³-hybridized carbons (Fsp3) is 0.429. The van der Waals surface area contributed by atoms with E-state index in [1.807, 2.05) is 42.5 Å². The molecule has 0 saturated heterocycles. The lowest BCUT2D eigenvalue weighted by Crippen LogP contribution is -2.40. The zero-order valence-electron chi connectivity index (χ0n) is 20.3. The number of methoxy groups -OCH3 is 3. The topological polar surface area (TPSA) is 69.7 Å². The monoisotopic (exact) mass is 460 g/mol. The van der Waals surface area contributed by atoms with Gasteiger partial charge in [-0.2, -0.15) is 0 Å². The third-order valence-electron chi connectivity index (χ3n) is 7.72. The first-order valence-electron chi connectivity index (χ1n) is 12.0. The van der Waals surface area contributed by atoms with Crippen molar-refractivity contribution < 1.29 is 19.0 Å². The maximum atomic E-state index is 13.6. The van der Waals surface area contributed by atoms with Crippen molar-refractivity contribution in [1.82, 2.24) is 10.3 Å². The lowest BCUT2D eigenvalue weighted by molar-refractivity contribution is 0.0917. The number of benzene rings is 2. The number of nitrogens with one attached hydrogen (secondary N) is 1. The van der Waals surface area contributed by atoms with Gasteiger partial charge >= 0.3 is 0 Å². The van der Waals surface area contributed by atoms with Crippen molar-refractivity contribution in [1.29, 1.82) is 0 Å². The average molecular weight is 461 g/mol. The zero-order chi connectivity index (χ0) is 23.8. The van der Waals surface area contributed by atoms with Crippen molar-refractivity contribution in [3.8, 4) is 28.5 Å². The number of pyridine rings is 1. The lowest BCUT2D eigenvalue weighted by atomic mass is 9.84. The van der Waals surface area contributed by atoms with Crippen LogP contribution in [0, 0.1) is 17.8 Å². The van der Waals surface area contributed by atoms with Crippen LogP contribution in [0.5, 0.6) is 17.2 Å². The summed E-state index contributed by atoms with van der Waals surface area (Å²) in [7, 11) is 4.75. The first kappa shape index (κ1) is 22.5. The van der Waals surface area contributed by atoms with E-state index in [0.717, 1.165) is 28.3 Å². The summed E-state index contributed by atoms with van der Waals surface area (Å²) in [6.07, 6.45) is 5.22. The normalized spacial score (nSPS) is 21.9. The fourth-order valence-corrected chi connectivity index (χ4v) is 6.04. The van der Waals surface area contributed by atoms with Crippen LogP contribution in [0.15, 0.2) is 42.5 Å². The number of amides is 1. The molecule has 1 aromatic heterocycles. The number of ether oxygens (including phenoxy) is 3. The zero-order valence-corrected chi connectivity index (χ0v) is 20.3. The van der Waals surface area contributed by atoms with Crippen LogP contribution in [0.2, 0.25) is 0 Å². The molecule has 2 aliphatic rings. The highest BCUT2D eigenvalue weighted by molar-refractivity contribution is 6.07. The van der Waals surface area contributed by atoms with Gasteiger partial charge in [0.25, 0.3) is 5.91 Å². The van der Waals surface area contributed by atoms with E-state index in [-0.39, 0.29) is 11.9 Å². The summed E-state index contributed by atoms with van der Waals surface area (Å²) in [5.74, 6) is 3.73. The number of hydrogen-bond donors (Lipinski definition) is 1. The largest absolute Gasteiger partial charge is 0.493 e. The molecule has 3 aromatic rings. The molecular formula is C28H32N2O4. The van der Waals surface area contributed by atoms with Gasteiger partial charge in [0, 0.05) is 17.0 Å². The predicted octanol–water partition coefficient (Wildman–Crippen LogP) is 5.48. The van der Waals surface area contributed by atoms with Crippen LogP contribution < -0.4 is 19.5 Å². The van der Waals surface area contributed by atoms with Gasteiger partial charge < -0.3 is 19.5 Å². The Kier molecular flexibility index (Phi) is 6.07. The number of fused-ring (bicyclic) bond motifs is 3. The second-order valence-corrected chi connectivity index (χ2v) is 9.59. The molecule has 178 valence electrons. The van der Waals surface area contributed by atoms with Crippen molar-refractivity contribution in [2.75, 3.05) is 21.3 Å². The van der Waals surface area contributed by atoms with Gasteiger partial charge in [-0.25, -0.2) is 4.98 Å². The Labute approximate surface area is 200 Å². The van der Waals surface area contributed by atoms with Crippen LogP contribution in [0.3, 0.4) is 0 Å². The fourth-order valence-electron chi connectivity index (χ4n) is 6.04. The highest BCUT2D eigenvalue weighted by atomic mass is 16.5.